The zero-order valence-electron chi connectivity index (χ0n) is 47.8. The van der Waals surface area contributed by atoms with Gasteiger partial charge in [0.1, 0.15) is 54.1 Å². The maximum atomic E-state index is 14.5. The van der Waals surface area contributed by atoms with E-state index in [9.17, 15) is 68.4 Å². The third-order valence-corrected chi connectivity index (χ3v) is 13.1. The second-order valence-electron chi connectivity index (χ2n) is 21.0. The van der Waals surface area contributed by atoms with E-state index in [-0.39, 0.29) is 69.2 Å². The third kappa shape index (κ3) is 25.2. The first-order chi connectivity index (χ1) is 39.8. The molecule has 0 aromatic heterocycles. The summed E-state index contributed by atoms with van der Waals surface area (Å²) in [6, 6.07) is 9.24. The molecule has 0 aliphatic heterocycles. The standard InChI is InChI=1S/C57H83N13O14/c1-32(2)26-40(64-48(75)38(59)18-13-25-62-57(60)61)49(76)65-41(29-36-20-22-37(72)23-21-36)51(78)69-45(31-71)54(81)66-43(28-35-16-9-6-10-17-35)53(80)70-47(33(3)4)55(82)68-42(27-34-14-7-5-8-15-34)50(77)67-44(30-46(73)74)52(79)63-39(56(83)84)19-11-12-24-58/h5-10,14-17,20-23,32-33,38-45,47,71-72H,11-13,18-19,24-31,58-59H2,1-4H3,(H,63,79)(H,64,75)(H,65,76)(H,66,81)(H,67,77)(H,68,82)(H,69,78)(H,70,80)(H,73,74)(H,83,84)(H4,60,61,62)/t38-,39-,40-,41-,42-,43-,44-,45-,47-/m0/s1. The number of nitrogens with zero attached hydrogens (tertiary/aromatic N) is 1. The summed E-state index contributed by atoms with van der Waals surface area (Å²) in [6.45, 7) is 6.24. The predicted octanol–water partition coefficient (Wildman–Crippen LogP) is -1.94. The highest BCUT2D eigenvalue weighted by Gasteiger charge is 2.37. The number of phenolic OH excluding ortho intramolecular Hbond substituents is 1. The lowest BCUT2D eigenvalue weighted by atomic mass is 9.99. The second-order valence-corrected chi connectivity index (χ2v) is 21.0. The maximum absolute atomic E-state index is 14.5. The average molecular weight is 1170 g/mol. The number of hydrogen-bond acceptors (Lipinski definition) is 15. The van der Waals surface area contributed by atoms with Crippen LogP contribution in [0.25, 0.3) is 0 Å². The van der Waals surface area contributed by atoms with Crippen molar-refractivity contribution in [3.63, 3.8) is 0 Å². The smallest absolute Gasteiger partial charge is 0.326 e. The molecule has 0 bridgehead atoms. The van der Waals surface area contributed by atoms with Gasteiger partial charge in [-0.3, -0.25) is 48.1 Å². The van der Waals surface area contributed by atoms with Gasteiger partial charge in [0.05, 0.1) is 19.1 Å². The minimum Gasteiger partial charge on any atom is -0.508 e. The third-order valence-electron chi connectivity index (χ3n) is 13.1. The van der Waals surface area contributed by atoms with Crippen molar-refractivity contribution in [2.45, 2.75) is 146 Å². The Morgan fingerprint density at radius 1 is 0.500 bits per heavy atom. The number of benzene rings is 3. The fraction of sp³-hybridized carbons (Fsp3) is 0.491. The van der Waals surface area contributed by atoms with E-state index >= 15 is 0 Å². The summed E-state index contributed by atoms with van der Waals surface area (Å²) in [5.74, 6) is -11.4. The van der Waals surface area contributed by atoms with E-state index in [2.05, 4.69) is 47.5 Å². The van der Waals surface area contributed by atoms with Crippen LogP contribution < -0.4 is 65.5 Å². The zero-order chi connectivity index (χ0) is 62.5. The number of carboxylic acids is 2. The Kier molecular flexibility index (Phi) is 29.8. The van der Waals surface area contributed by atoms with Crippen LogP contribution in [0.3, 0.4) is 0 Å². The number of aliphatic carboxylic acids is 2. The molecule has 9 atom stereocenters. The molecule has 0 heterocycles. The molecule has 0 fully saturated rings. The number of carbonyl (C=O) groups is 10. The molecule has 8 amide bonds. The summed E-state index contributed by atoms with van der Waals surface area (Å²) >= 11 is 0. The van der Waals surface area contributed by atoms with Gasteiger partial charge in [-0.05, 0) is 85.7 Å². The van der Waals surface area contributed by atoms with Crippen LogP contribution in [0.1, 0.15) is 89.3 Å². The summed E-state index contributed by atoms with van der Waals surface area (Å²) in [5, 5.41) is 60.3. The van der Waals surface area contributed by atoms with Gasteiger partial charge in [-0.25, -0.2) is 4.79 Å². The van der Waals surface area contributed by atoms with E-state index in [0.29, 0.717) is 36.0 Å². The molecule has 0 aliphatic rings. The number of guanidine groups is 1. The fourth-order valence-electron chi connectivity index (χ4n) is 8.57. The van der Waals surface area contributed by atoms with Gasteiger partial charge in [-0.1, -0.05) is 100 Å². The van der Waals surface area contributed by atoms with Gasteiger partial charge in [0, 0.05) is 25.8 Å². The Labute approximate surface area is 487 Å². The quantitative estimate of drug-likeness (QED) is 0.0170. The maximum Gasteiger partial charge on any atom is 0.326 e. The molecule has 3 rings (SSSR count). The van der Waals surface area contributed by atoms with Gasteiger partial charge >= 0.3 is 11.9 Å². The number of carbonyl (C=O) groups excluding carboxylic acids is 8. The fourth-order valence-corrected chi connectivity index (χ4v) is 8.57. The van der Waals surface area contributed by atoms with Crippen molar-refractivity contribution in [1.29, 1.82) is 0 Å². The van der Waals surface area contributed by atoms with Gasteiger partial charge < -0.3 is 85.9 Å². The Balaban J connectivity index is 1.92. The number of aliphatic hydroxyl groups is 1. The summed E-state index contributed by atoms with van der Waals surface area (Å²) in [7, 11) is 0. The topological polar surface area (TPSA) is 464 Å². The van der Waals surface area contributed by atoms with Crippen LogP contribution in [-0.4, -0.2) is 160 Å². The molecule has 20 N–H and O–H groups in total. The first kappa shape index (κ1) is 69.6. The molecule has 0 aliphatic carbocycles. The van der Waals surface area contributed by atoms with Crippen molar-refractivity contribution >= 4 is 65.2 Å². The van der Waals surface area contributed by atoms with Crippen molar-refractivity contribution < 1.29 is 68.4 Å². The Bertz CT molecular complexity index is 2680. The molecule has 460 valence electrons. The minimum absolute atomic E-state index is 0.0350. The lowest BCUT2D eigenvalue weighted by molar-refractivity contribution is -0.144. The molecule has 27 heteroatoms. The number of carboxylic acid groups (broad SMARTS) is 2. The van der Waals surface area contributed by atoms with Crippen LogP contribution >= 0.6 is 0 Å². The average Bonchev–Trinajstić information content (AvgIpc) is 3.65. The number of aliphatic hydroxyl groups excluding tert-OH is 1. The largest absolute Gasteiger partial charge is 0.508 e. The highest BCUT2D eigenvalue weighted by atomic mass is 16.4. The SMILES string of the molecule is CC(C)C[C@H](NC(=O)[C@@H](N)CCCN=C(N)N)C(=O)N[C@@H](Cc1ccc(O)cc1)C(=O)N[C@@H](CO)C(=O)N[C@@H](Cc1ccccc1)C(=O)N[C@H](C(=O)N[C@@H](Cc1ccccc1)C(=O)N[C@@H](CC(=O)O)C(=O)N[C@@H](CCCCN)C(=O)O)C(C)C. The van der Waals surface area contributed by atoms with Crippen LogP contribution in [0.15, 0.2) is 89.9 Å². The number of hydrogen-bond donors (Lipinski definition) is 16. The molecule has 0 unspecified atom stereocenters. The molecule has 84 heavy (non-hydrogen) atoms. The van der Waals surface area contributed by atoms with Gasteiger partial charge in [0.15, 0.2) is 5.96 Å². The van der Waals surface area contributed by atoms with E-state index in [0.717, 1.165) is 0 Å². The van der Waals surface area contributed by atoms with E-state index in [1.54, 1.807) is 74.5 Å². The monoisotopic (exact) mass is 1170 g/mol. The second kappa shape index (κ2) is 36.0. The number of amides is 8. The van der Waals surface area contributed by atoms with Gasteiger partial charge in [-0.2, -0.15) is 0 Å². The van der Waals surface area contributed by atoms with E-state index in [1.807, 2.05) is 13.8 Å². The summed E-state index contributed by atoms with van der Waals surface area (Å²) < 4.78 is 0. The Morgan fingerprint density at radius 2 is 0.929 bits per heavy atom. The van der Waals surface area contributed by atoms with E-state index < -0.39 is 133 Å². The minimum atomic E-state index is -1.80. The molecule has 27 nitrogen and oxygen atoms in total. The van der Waals surface area contributed by atoms with Crippen molar-refractivity contribution in [3.8, 4) is 5.75 Å². The molecule has 0 saturated carbocycles. The van der Waals surface area contributed by atoms with Crippen LogP contribution in [0.4, 0.5) is 0 Å². The summed E-state index contributed by atoms with van der Waals surface area (Å²) in [6.07, 6.45) is -0.187. The number of nitrogens with one attached hydrogen (secondary N) is 8. The summed E-state index contributed by atoms with van der Waals surface area (Å²) in [5.41, 5.74) is 23.9. The van der Waals surface area contributed by atoms with E-state index in [1.165, 1.54) is 24.3 Å². The van der Waals surface area contributed by atoms with Gasteiger partial charge in [0.2, 0.25) is 47.3 Å². The molecular weight excluding hydrogens is 1090 g/mol. The number of phenols is 1. The number of aliphatic imine (C=N–C) groups is 1. The van der Waals surface area contributed by atoms with Crippen molar-refractivity contribution in [1.82, 2.24) is 42.5 Å². The first-order valence-corrected chi connectivity index (χ1v) is 27.7. The van der Waals surface area contributed by atoms with Crippen molar-refractivity contribution in [3.05, 3.63) is 102 Å². The van der Waals surface area contributed by atoms with Gasteiger partial charge in [0.25, 0.3) is 0 Å². The number of aromatic hydroxyl groups is 1. The number of unbranched alkanes of at least 4 members (excludes halogenated alkanes) is 1. The molecular formula is C57H83N13O14. The highest BCUT2D eigenvalue weighted by Crippen LogP contribution is 2.15. The Hall–Kier alpha value is -8.69. The van der Waals surface area contributed by atoms with Gasteiger partial charge in [-0.15, -0.1) is 0 Å². The molecule has 3 aromatic rings. The first-order valence-electron chi connectivity index (χ1n) is 27.7. The van der Waals surface area contributed by atoms with E-state index in [4.69, 9.17) is 22.9 Å². The molecule has 0 spiro atoms. The molecule has 0 radical (unpaired) electrons. The van der Waals surface area contributed by atoms with Crippen LogP contribution in [0.5, 0.6) is 5.75 Å². The zero-order valence-corrected chi connectivity index (χ0v) is 47.8. The van der Waals surface area contributed by atoms with Crippen molar-refractivity contribution in [2.75, 3.05) is 19.7 Å². The lowest BCUT2D eigenvalue weighted by Crippen LogP contribution is -2.62. The molecule has 0 saturated heterocycles. The predicted molar refractivity (Wildman–Crippen MR) is 310 cm³/mol. The van der Waals surface area contributed by atoms with Crippen LogP contribution in [0.2, 0.25) is 0 Å². The highest BCUT2D eigenvalue weighted by molar-refractivity contribution is 5.99. The summed E-state index contributed by atoms with van der Waals surface area (Å²) in [4.78, 5) is 140. The van der Waals surface area contributed by atoms with Crippen LogP contribution in [0, 0.1) is 11.8 Å². The normalized spacial score (nSPS) is 14.3. The lowest BCUT2D eigenvalue weighted by Gasteiger charge is -2.29. The van der Waals surface area contributed by atoms with Crippen molar-refractivity contribution in [2.24, 2.45) is 39.8 Å². The molecule has 3 aromatic carbocycles. The number of nitrogens with two attached hydrogens (primary N) is 4. The van der Waals surface area contributed by atoms with Crippen LogP contribution in [-0.2, 0) is 67.2 Å². The Morgan fingerprint density at radius 3 is 1.39 bits per heavy atom. The number of rotatable bonds is 37.